The molecule has 0 saturated heterocycles. The van der Waals surface area contributed by atoms with Crippen LogP contribution in [0.25, 0.3) is 10.2 Å². The highest BCUT2D eigenvalue weighted by Crippen LogP contribution is 2.61. The molecule has 28 heavy (non-hydrogen) atoms. The Balaban J connectivity index is 2.04. The van der Waals surface area contributed by atoms with Gasteiger partial charge in [0.25, 0.3) is 0 Å². The molecule has 0 bridgehead atoms. The Morgan fingerprint density at radius 2 is 1.89 bits per heavy atom. The standard InChI is InChI=1S/C19H22FN2O4PS/c1-4-25-27(23,26-5-2)18(14-8-6-7-9-15(14)20)22-19-21-16-11-10-13(24-3)12-17(16)28-19/h6-12,18H,4-5H2,1-3H3,(H,21,22). The van der Waals surface area contributed by atoms with Crippen LogP contribution in [0.1, 0.15) is 25.2 Å². The SMILES string of the molecule is CCOP(=O)(OCC)C(Nc1nc2ccc(OC)cc2s1)c1ccccc1F. The number of fused-ring (bicyclic) bond motifs is 1. The number of hydrogen-bond donors (Lipinski definition) is 1. The van der Waals surface area contributed by atoms with Gasteiger partial charge in [0.2, 0.25) is 0 Å². The lowest BCUT2D eigenvalue weighted by atomic mass is 10.2. The monoisotopic (exact) mass is 424 g/mol. The van der Waals surface area contributed by atoms with Gasteiger partial charge in [-0.1, -0.05) is 29.5 Å². The molecular weight excluding hydrogens is 402 g/mol. The van der Waals surface area contributed by atoms with Crippen LogP contribution in [0.4, 0.5) is 9.52 Å². The van der Waals surface area contributed by atoms with E-state index in [2.05, 4.69) is 10.3 Å². The van der Waals surface area contributed by atoms with E-state index in [0.29, 0.717) is 10.9 Å². The molecule has 1 atom stereocenters. The Kier molecular flexibility index (Phi) is 6.67. The highest BCUT2D eigenvalue weighted by Gasteiger charge is 2.39. The molecule has 1 heterocycles. The summed E-state index contributed by atoms with van der Waals surface area (Å²) in [7, 11) is -2.12. The van der Waals surface area contributed by atoms with Gasteiger partial charge in [-0.25, -0.2) is 9.37 Å². The third kappa shape index (κ3) is 4.36. The highest BCUT2D eigenvalue weighted by molar-refractivity contribution is 7.54. The lowest BCUT2D eigenvalue weighted by Gasteiger charge is -2.27. The zero-order chi connectivity index (χ0) is 20.1. The third-order valence-corrected chi connectivity index (χ3v) is 7.22. The fourth-order valence-corrected chi connectivity index (χ4v) is 5.71. The van der Waals surface area contributed by atoms with Gasteiger partial charge >= 0.3 is 7.60 Å². The average Bonchev–Trinajstić information content (AvgIpc) is 3.08. The predicted octanol–water partition coefficient (Wildman–Crippen LogP) is 5.82. The largest absolute Gasteiger partial charge is 0.497 e. The lowest BCUT2D eigenvalue weighted by molar-refractivity contribution is 0.213. The second kappa shape index (κ2) is 9.01. The van der Waals surface area contributed by atoms with Crippen LogP contribution >= 0.6 is 18.9 Å². The number of nitrogens with one attached hydrogen (secondary N) is 1. The number of halogens is 1. The Morgan fingerprint density at radius 1 is 1.18 bits per heavy atom. The predicted molar refractivity (Wildman–Crippen MR) is 110 cm³/mol. The van der Waals surface area contributed by atoms with Crippen molar-refractivity contribution in [3.8, 4) is 5.75 Å². The molecule has 2 aromatic carbocycles. The van der Waals surface area contributed by atoms with Crippen molar-refractivity contribution < 1.29 is 22.7 Å². The molecule has 1 unspecified atom stereocenters. The maximum Gasteiger partial charge on any atom is 0.357 e. The van der Waals surface area contributed by atoms with Crippen LogP contribution in [-0.2, 0) is 13.6 Å². The number of benzene rings is 2. The van der Waals surface area contributed by atoms with Gasteiger partial charge in [0, 0.05) is 5.56 Å². The van der Waals surface area contributed by atoms with E-state index >= 15 is 0 Å². The van der Waals surface area contributed by atoms with E-state index in [1.165, 1.54) is 17.4 Å². The van der Waals surface area contributed by atoms with Gasteiger partial charge in [-0.15, -0.1) is 0 Å². The minimum Gasteiger partial charge on any atom is -0.497 e. The van der Waals surface area contributed by atoms with E-state index in [1.807, 2.05) is 18.2 Å². The molecule has 0 radical (unpaired) electrons. The first-order valence-electron chi connectivity index (χ1n) is 8.85. The zero-order valence-corrected chi connectivity index (χ0v) is 17.6. The number of rotatable bonds is 9. The summed E-state index contributed by atoms with van der Waals surface area (Å²) in [6, 6.07) is 11.6. The summed E-state index contributed by atoms with van der Waals surface area (Å²) in [5, 5.41) is 3.57. The lowest BCUT2D eigenvalue weighted by Crippen LogP contribution is -2.16. The van der Waals surface area contributed by atoms with Gasteiger partial charge in [0.15, 0.2) is 10.9 Å². The first-order valence-corrected chi connectivity index (χ1v) is 11.3. The van der Waals surface area contributed by atoms with Crippen molar-refractivity contribution in [1.82, 2.24) is 4.98 Å². The van der Waals surface area contributed by atoms with E-state index in [0.717, 1.165) is 10.2 Å². The summed E-state index contributed by atoms with van der Waals surface area (Å²) >= 11 is 1.35. The minimum atomic E-state index is -3.71. The molecule has 1 N–H and O–H groups in total. The number of methoxy groups -OCH3 is 1. The Bertz CT molecular complexity index is 987. The zero-order valence-electron chi connectivity index (χ0n) is 15.8. The second-order valence-corrected chi connectivity index (χ2v) is 8.94. The Morgan fingerprint density at radius 3 is 2.54 bits per heavy atom. The Hall–Kier alpha value is -1.99. The smallest absolute Gasteiger partial charge is 0.357 e. The molecule has 0 fully saturated rings. The first-order chi connectivity index (χ1) is 13.5. The fourth-order valence-electron chi connectivity index (χ4n) is 2.78. The quantitative estimate of drug-likeness (QED) is 0.437. The molecule has 0 saturated carbocycles. The minimum absolute atomic E-state index is 0.168. The number of nitrogens with zero attached hydrogens (tertiary/aromatic N) is 1. The Labute approximate surface area is 167 Å². The molecular formula is C19H22FN2O4PS. The van der Waals surface area contributed by atoms with Gasteiger partial charge in [0.1, 0.15) is 11.6 Å². The fraction of sp³-hybridized carbons (Fsp3) is 0.316. The van der Waals surface area contributed by atoms with Gasteiger partial charge in [0.05, 0.1) is 30.5 Å². The molecule has 3 aromatic rings. The number of ether oxygens (including phenoxy) is 1. The number of anilines is 1. The van der Waals surface area contributed by atoms with Gasteiger partial charge in [-0.05, 0) is 38.1 Å². The van der Waals surface area contributed by atoms with Gasteiger partial charge < -0.3 is 19.1 Å². The topological polar surface area (TPSA) is 69.7 Å². The second-order valence-electron chi connectivity index (χ2n) is 5.80. The van der Waals surface area contributed by atoms with Crippen LogP contribution < -0.4 is 10.1 Å². The summed E-state index contributed by atoms with van der Waals surface area (Å²) in [5.74, 6) is -0.818. The van der Waals surface area contributed by atoms with Crippen molar-refractivity contribution in [2.75, 3.05) is 25.6 Å². The van der Waals surface area contributed by atoms with Crippen LogP contribution in [0.2, 0.25) is 0 Å². The number of thiazole rings is 1. The maximum atomic E-state index is 14.6. The molecule has 150 valence electrons. The molecule has 0 amide bonds. The molecule has 6 nitrogen and oxygen atoms in total. The summed E-state index contributed by atoms with van der Waals surface area (Å²) in [5.41, 5.74) is 0.952. The molecule has 0 aliphatic carbocycles. The van der Waals surface area contributed by atoms with Crippen molar-refractivity contribution in [1.29, 1.82) is 0 Å². The van der Waals surface area contributed by atoms with Crippen molar-refractivity contribution in [3.05, 3.63) is 53.8 Å². The van der Waals surface area contributed by atoms with Crippen molar-refractivity contribution >= 4 is 34.3 Å². The maximum absolute atomic E-state index is 14.6. The average molecular weight is 424 g/mol. The van der Waals surface area contributed by atoms with Crippen LogP contribution in [0.3, 0.4) is 0 Å². The summed E-state index contributed by atoms with van der Waals surface area (Å²) in [6.07, 6.45) is 0. The van der Waals surface area contributed by atoms with Gasteiger partial charge in [-0.2, -0.15) is 0 Å². The molecule has 1 aromatic heterocycles. The van der Waals surface area contributed by atoms with Crippen LogP contribution in [0, 0.1) is 5.82 Å². The van der Waals surface area contributed by atoms with E-state index in [1.54, 1.807) is 39.2 Å². The van der Waals surface area contributed by atoms with E-state index in [4.69, 9.17) is 13.8 Å². The summed E-state index contributed by atoms with van der Waals surface area (Å²) in [4.78, 5) is 4.51. The normalized spacial score (nSPS) is 12.9. The third-order valence-electron chi connectivity index (χ3n) is 3.99. The van der Waals surface area contributed by atoms with Crippen LogP contribution in [0.15, 0.2) is 42.5 Å². The van der Waals surface area contributed by atoms with Gasteiger partial charge in [-0.3, -0.25) is 4.57 Å². The highest BCUT2D eigenvalue weighted by atomic mass is 32.1. The van der Waals surface area contributed by atoms with E-state index in [-0.39, 0.29) is 18.8 Å². The number of aromatic nitrogens is 1. The van der Waals surface area contributed by atoms with Crippen LogP contribution in [-0.4, -0.2) is 25.3 Å². The van der Waals surface area contributed by atoms with Crippen molar-refractivity contribution in [3.63, 3.8) is 0 Å². The molecule has 0 spiro atoms. The van der Waals surface area contributed by atoms with E-state index < -0.39 is 19.2 Å². The molecule has 0 aliphatic rings. The van der Waals surface area contributed by atoms with Crippen LogP contribution in [0.5, 0.6) is 5.75 Å². The summed E-state index contributed by atoms with van der Waals surface area (Å²) in [6.45, 7) is 3.77. The summed E-state index contributed by atoms with van der Waals surface area (Å²) < 4.78 is 45.1. The molecule has 3 rings (SSSR count). The molecule has 9 heteroatoms. The van der Waals surface area contributed by atoms with Crippen molar-refractivity contribution in [2.24, 2.45) is 0 Å². The van der Waals surface area contributed by atoms with E-state index in [9.17, 15) is 8.96 Å². The first kappa shape index (κ1) is 20.7. The number of hydrogen-bond acceptors (Lipinski definition) is 7. The van der Waals surface area contributed by atoms with Crippen molar-refractivity contribution in [2.45, 2.75) is 19.6 Å². The molecule has 0 aliphatic heterocycles.